The van der Waals surface area contributed by atoms with Gasteiger partial charge in [0.25, 0.3) is 5.91 Å². The van der Waals surface area contributed by atoms with E-state index in [9.17, 15) is 19.8 Å². The summed E-state index contributed by atoms with van der Waals surface area (Å²) >= 11 is 0. The first-order valence-electron chi connectivity index (χ1n) is 10.5. The average molecular weight is 417 g/mol. The molecule has 0 saturated heterocycles. The van der Waals surface area contributed by atoms with Gasteiger partial charge in [-0.3, -0.25) is 14.3 Å². The lowest BCUT2D eigenvalue weighted by molar-refractivity contribution is 0.0594. The Labute approximate surface area is 179 Å². The third-order valence-corrected chi connectivity index (χ3v) is 6.40. The van der Waals surface area contributed by atoms with E-state index in [2.05, 4.69) is 29.4 Å². The van der Waals surface area contributed by atoms with E-state index in [0.717, 1.165) is 30.2 Å². The first kappa shape index (κ1) is 19.5. The first-order valence-corrected chi connectivity index (χ1v) is 10.5. The van der Waals surface area contributed by atoms with Crippen LogP contribution in [-0.2, 0) is 12.8 Å². The molecule has 31 heavy (non-hydrogen) atoms. The number of rotatable bonds is 3. The SMILES string of the molecule is O=C1c2c(O)c(=O)cnn2C(C2c3ccccc3CCc3ccccc32)CN1CCO. The Balaban J connectivity index is 1.77. The van der Waals surface area contributed by atoms with Crippen LogP contribution in [0.5, 0.6) is 5.75 Å². The maximum absolute atomic E-state index is 13.0. The zero-order valence-corrected chi connectivity index (χ0v) is 16.9. The molecule has 1 aromatic heterocycles. The number of aliphatic hydroxyl groups excluding tert-OH is 1. The van der Waals surface area contributed by atoms with Crippen LogP contribution in [0.2, 0.25) is 0 Å². The lowest BCUT2D eigenvalue weighted by Gasteiger charge is -2.39. The second-order valence-corrected chi connectivity index (χ2v) is 8.07. The van der Waals surface area contributed by atoms with Crippen molar-refractivity contribution < 1.29 is 15.0 Å². The van der Waals surface area contributed by atoms with Crippen LogP contribution in [0, 0.1) is 0 Å². The molecule has 1 unspecified atom stereocenters. The molecular formula is C24H23N3O4. The molecule has 1 aliphatic carbocycles. The van der Waals surface area contributed by atoms with Crippen LogP contribution in [0.4, 0.5) is 0 Å². The lowest BCUT2D eigenvalue weighted by atomic mass is 9.81. The Morgan fingerprint density at radius 2 is 1.58 bits per heavy atom. The van der Waals surface area contributed by atoms with E-state index in [1.807, 2.05) is 24.3 Å². The molecule has 1 amide bonds. The van der Waals surface area contributed by atoms with Crippen molar-refractivity contribution in [3.05, 3.63) is 92.9 Å². The molecule has 5 rings (SSSR count). The van der Waals surface area contributed by atoms with Gasteiger partial charge in [0.1, 0.15) is 0 Å². The van der Waals surface area contributed by atoms with E-state index in [4.69, 9.17) is 0 Å². The molecule has 1 aliphatic heterocycles. The fraction of sp³-hybridized carbons (Fsp3) is 0.292. The highest BCUT2D eigenvalue weighted by molar-refractivity contribution is 5.95. The fourth-order valence-corrected chi connectivity index (χ4v) is 4.99. The maximum Gasteiger partial charge on any atom is 0.276 e. The summed E-state index contributed by atoms with van der Waals surface area (Å²) < 4.78 is 1.51. The topological polar surface area (TPSA) is 95.7 Å². The van der Waals surface area contributed by atoms with Crippen molar-refractivity contribution in [2.75, 3.05) is 19.7 Å². The van der Waals surface area contributed by atoms with E-state index >= 15 is 0 Å². The van der Waals surface area contributed by atoms with Crippen molar-refractivity contribution in [3.8, 4) is 5.75 Å². The monoisotopic (exact) mass is 417 g/mol. The highest BCUT2D eigenvalue weighted by Crippen LogP contribution is 2.43. The number of aliphatic hydroxyl groups is 1. The molecule has 2 N–H and O–H groups in total. The van der Waals surface area contributed by atoms with Crippen molar-refractivity contribution in [2.24, 2.45) is 0 Å². The van der Waals surface area contributed by atoms with E-state index in [1.165, 1.54) is 20.7 Å². The van der Waals surface area contributed by atoms with Gasteiger partial charge in [0.15, 0.2) is 11.4 Å². The molecular weight excluding hydrogens is 394 g/mol. The number of amides is 1. The zero-order chi connectivity index (χ0) is 21.5. The van der Waals surface area contributed by atoms with Gasteiger partial charge >= 0.3 is 0 Å². The summed E-state index contributed by atoms with van der Waals surface area (Å²) in [5, 5.41) is 24.3. The van der Waals surface area contributed by atoms with Crippen molar-refractivity contribution in [2.45, 2.75) is 24.8 Å². The number of benzene rings is 2. The second-order valence-electron chi connectivity index (χ2n) is 8.07. The molecule has 2 aliphatic rings. The van der Waals surface area contributed by atoms with Crippen LogP contribution >= 0.6 is 0 Å². The molecule has 0 bridgehead atoms. The van der Waals surface area contributed by atoms with Gasteiger partial charge in [0.05, 0.1) is 18.8 Å². The van der Waals surface area contributed by atoms with Gasteiger partial charge in [0.2, 0.25) is 5.43 Å². The fourth-order valence-electron chi connectivity index (χ4n) is 4.99. The van der Waals surface area contributed by atoms with Crippen LogP contribution in [0.15, 0.2) is 59.5 Å². The summed E-state index contributed by atoms with van der Waals surface area (Å²) in [6.45, 7) is 0.227. The largest absolute Gasteiger partial charge is 0.502 e. The van der Waals surface area contributed by atoms with Crippen LogP contribution in [-0.4, -0.2) is 50.5 Å². The predicted molar refractivity (Wildman–Crippen MR) is 114 cm³/mol. The Kier molecular flexibility index (Phi) is 4.82. The highest BCUT2D eigenvalue weighted by Gasteiger charge is 2.41. The van der Waals surface area contributed by atoms with Crippen LogP contribution in [0.1, 0.15) is 44.7 Å². The number of hydrogen-bond donors (Lipinski definition) is 2. The highest BCUT2D eigenvalue weighted by atomic mass is 16.3. The van der Waals surface area contributed by atoms with Gasteiger partial charge in [-0.1, -0.05) is 48.5 Å². The molecule has 1 atom stereocenters. The van der Waals surface area contributed by atoms with Crippen molar-refractivity contribution in [1.82, 2.24) is 14.7 Å². The minimum absolute atomic E-state index is 0.114. The molecule has 7 heteroatoms. The van der Waals surface area contributed by atoms with Gasteiger partial charge in [-0.05, 0) is 35.1 Å². The zero-order valence-electron chi connectivity index (χ0n) is 16.9. The van der Waals surface area contributed by atoms with Gasteiger partial charge in [0, 0.05) is 19.0 Å². The van der Waals surface area contributed by atoms with Gasteiger partial charge < -0.3 is 15.1 Å². The quantitative estimate of drug-likeness (QED) is 0.678. The average Bonchev–Trinajstić information content (AvgIpc) is 2.95. The molecule has 0 spiro atoms. The summed E-state index contributed by atoms with van der Waals surface area (Å²) in [5.41, 5.74) is 3.98. The summed E-state index contributed by atoms with van der Waals surface area (Å²) in [6.07, 6.45) is 2.88. The maximum atomic E-state index is 13.0. The van der Waals surface area contributed by atoms with Crippen molar-refractivity contribution in [1.29, 1.82) is 0 Å². The van der Waals surface area contributed by atoms with E-state index in [1.54, 1.807) is 0 Å². The van der Waals surface area contributed by atoms with Gasteiger partial charge in [-0.15, -0.1) is 0 Å². The first-order chi connectivity index (χ1) is 15.1. The van der Waals surface area contributed by atoms with Crippen LogP contribution in [0.25, 0.3) is 0 Å². The van der Waals surface area contributed by atoms with E-state index in [-0.39, 0.29) is 30.8 Å². The van der Waals surface area contributed by atoms with Crippen molar-refractivity contribution >= 4 is 5.91 Å². The third kappa shape index (κ3) is 3.13. The number of carbonyl (C=O) groups is 1. The Bertz CT molecular complexity index is 1170. The molecule has 0 radical (unpaired) electrons. The lowest BCUT2D eigenvalue weighted by Crippen LogP contribution is -2.48. The minimum Gasteiger partial charge on any atom is -0.502 e. The summed E-state index contributed by atoms with van der Waals surface area (Å²) in [5.74, 6) is -1.22. The summed E-state index contributed by atoms with van der Waals surface area (Å²) in [7, 11) is 0. The molecule has 2 heterocycles. The van der Waals surface area contributed by atoms with Crippen LogP contribution < -0.4 is 5.43 Å². The number of carbonyl (C=O) groups excluding carboxylic acids is 1. The number of aromatic hydroxyl groups is 1. The third-order valence-electron chi connectivity index (χ3n) is 6.40. The number of aromatic nitrogens is 2. The molecule has 3 aromatic rings. The van der Waals surface area contributed by atoms with Gasteiger partial charge in [-0.2, -0.15) is 5.10 Å². The number of fused-ring (bicyclic) bond motifs is 3. The minimum atomic E-state index is -0.689. The number of aryl methyl sites for hydroxylation is 2. The Morgan fingerprint density at radius 3 is 2.19 bits per heavy atom. The molecule has 0 fully saturated rings. The molecule has 158 valence electrons. The normalized spacial score (nSPS) is 18.2. The molecule has 0 saturated carbocycles. The predicted octanol–water partition coefficient (Wildman–Crippen LogP) is 1.87. The van der Waals surface area contributed by atoms with Crippen LogP contribution in [0.3, 0.4) is 0 Å². The molecule has 7 nitrogen and oxygen atoms in total. The van der Waals surface area contributed by atoms with E-state index < -0.39 is 17.1 Å². The number of hydrogen-bond acceptors (Lipinski definition) is 5. The Hall–Kier alpha value is -3.45. The van der Waals surface area contributed by atoms with Crippen molar-refractivity contribution in [3.63, 3.8) is 0 Å². The van der Waals surface area contributed by atoms with Gasteiger partial charge in [-0.25, -0.2) is 0 Å². The molecule has 2 aromatic carbocycles. The summed E-state index contributed by atoms with van der Waals surface area (Å²) in [6, 6.07) is 16.2. The smallest absolute Gasteiger partial charge is 0.276 e. The number of nitrogens with zero attached hydrogens (tertiary/aromatic N) is 3. The Morgan fingerprint density at radius 1 is 0.968 bits per heavy atom. The second kappa shape index (κ2) is 7.67. The number of β-amino-alcohol motifs (C(OH)–C–C–N with tert-alkyl or cyclic N) is 1. The summed E-state index contributed by atoms with van der Waals surface area (Å²) in [4.78, 5) is 26.6. The van der Waals surface area contributed by atoms with E-state index in [0.29, 0.717) is 6.54 Å². The standard InChI is InChI=1S/C24H23N3O4/c28-12-11-26-14-19(27-22(24(26)31)23(30)20(29)13-25-27)21-17-7-3-1-5-15(17)9-10-16-6-2-4-8-18(16)21/h1-8,13,19,21,28,30H,9-12,14H2.